The lowest BCUT2D eigenvalue weighted by atomic mass is 10.1. The van der Waals surface area contributed by atoms with Crippen molar-refractivity contribution in [3.8, 4) is 11.8 Å². The molecule has 0 atom stereocenters. The summed E-state index contributed by atoms with van der Waals surface area (Å²) in [6.07, 6.45) is 2.14. The molecule has 1 aromatic carbocycles. The highest BCUT2D eigenvalue weighted by Gasteiger charge is 2.49. The molecule has 1 aromatic rings. The topological polar surface area (TPSA) is 62.3 Å². The van der Waals surface area contributed by atoms with Gasteiger partial charge in [0.25, 0.3) is 0 Å². The van der Waals surface area contributed by atoms with Crippen LogP contribution in [0.2, 0.25) is 0 Å². The van der Waals surface area contributed by atoms with Crippen LogP contribution < -0.4 is 15.6 Å². The molecule has 3 rings (SSSR count). The van der Waals surface area contributed by atoms with Gasteiger partial charge in [0.1, 0.15) is 11.4 Å². The van der Waals surface area contributed by atoms with Crippen molar-refractivity contribution in [1.29, 1.82) is 5.26 Å². The summed E-state index contributed by atoms with van der Waals surface area (Å²) in [6.45, 7) is 0.717. The molecule has 0 radical (unpaired) electrons. The van der Waals surface area contributed by atoms with E-state index in [9.17, 15) is 0 Å². The number of fused-ring (bicyclic) bond motifs is 1. The van der Waals surface area contributed by atoms with Crippen LogP contribution in [0.25, 0.3) is 0 Å². The van der Waals surface area contributed by atoms with E-state index in [2.05, 4.69) is 6.07 Å². The van der Waals surface area contributed by atoms with Gasteiger partial charge in [-0.25, -0.2) is 5.84 Å². The van der Waals surface area contributed by atoms with Crippen LogP contribution in [0.4, 0.5) is 5.69 Å². The van der Waals surface area contributed by atoms with E-state index in [1.54, 1.807) is 17.1 Å². The number of hydrogen-bond donors (Lipinski definition) is 1. The van der Waals surface area contributed by atoms with Crippen molar-refractivity contribution < 1.29 is 4.74 Å². The van der Waals surface area contributed by atoms with Gasteiger partial charge in [-0.2, -0.15) is 5.26 Å². The molecule has 15 heavy (non-hydrogen) atoms. The average molecular weight is 201 g/mol. The highest BCUT2D eigenvalue weighted by Crippen LogP contribution is 2.47. The molecule has 0 saturated heterocycles. The number of hydrazine groups is 1. The van der Waals surface area contributed by atoms with Crippen molar-refractivity contribution in [2.75, 3.05) is 11.6 Å². The first kappa shape index (κ1) is 8.57. The maximum absolute atomic E-state index is 8.79. The van der Waals surface area contributed by atoms with E-state index in [1.807, 2.05) is 6.07 Å². The second-order valence-corrected chi connectivity index (χ2v) is 4.21. The number of nitriles is 1. The van der Waals surface area contributed by atoms with Crippen molar-refractivity contribution in [3.63, 3.8) is 0 Å². The molecule has 1 fully saturated rings. The van der Waals surface area contributed by atoms with E-state index >= 15 is 0 Å². The lowest BCUT2D eigenvalue weighted by Crippen LogP contribution is -2.45. The van der Waals surface area contributed by atoms with Gasteiger partial charge < -0.3 is 9.75 Å². The van der Waals surface area contributed by atoms with Gasteiger partial charge in [-0.05, 0) is 31.0 Å². The lowest BCUT2D eigenvalue weighted by Gasteiger charge is -2.33. The van der Waals surface area contributed by atoms with Gasteiger partial charge in [0.15, 0.2) is 0 Å². The molecular formula is C11H11N3O. The van der Waals surface area contributed by atoms with Crippen LogP contribution in [0, 0.1) is 11.3 Å². The van der Waals surface area contributed by atoms with E-state index in [0.717, 1.165) is 30.8 Å². The van der Waals surface area contributed by atoms with Gasteiger partial charge in [0.05, 0.1) is 23.9 Å². The maximum Gasteiger partial charge on any atom is 0.145 e. The molecule has 1 heterocycles. The summed E-state index contributed by atoms with van der Waals surface area (Å²) in [5.74, 6) is 6.72. The molecule has 4 heteroatoms. The summed E-state index contributed by atoms with van der Waals surface area (Å²) in [7, 11) is 0. The molecule has 0 aromatic heterocycles. The quantitative estimate of drug-likeness (QED) is 0.640. The lowest BCUT2D eigenvalue weighted by molar-refractivity contribution is 0.171. The Kier molecular flexibility index (Phi) is 1.51. The molecule has 4 nitrogen and oxygen atoms in total. The van der Waals surface area contributed by atoms with Crippen LogP contribution in [0.1, 0.15) is 18.4 Å². The fourth-order valence-corrected chi connectivity index (χ4v) is 1.96. The Labute approximate surface area is 87.8 Å². The summed E-state index contributed by atoms with van der Waals surface area (Å²) >= 11 is 0. The summed E-state index contributed by atoms with van der Waals surface area (Å²) in [5.41, 5.74) is 1.38. The predicted octanol–water partition coefficient (Wildman–Crippen LogP) is 1.16. The van der Waals surface area contributed by atoms with Crippen LogP contribution >= 0.6 is 0 Å². The predicted molar refractivity (Wildman–Crippen MR) is 55.3 cm³/mol. The molecule has 0 amide bonds. The van der Waals surface area contributed by atoms with E-state index in [-0.39, 0.29) is 5.60 Å². The third kappa shape index (κ3) is 1.24. The summed E-state index contributed by atoms with van der Waals surface area (Å²) in [6, 6.07) is 7.45. The van der Waals surface area contributed by atoms with Gasteiger partial charge >= 0.3 is 0 Å². The summed E-state index contributed by atoms with van der Waals surface area (Å²) in [5, 5.41) is 10.5. The Morgan fingerprint density at radius 3 is 2.93 bits per heavy atom. The third-order valence-corrected chi connectivity index (χ3v) is 2.99. The summed E-state index contributed by atoms with van der Waals surface area (Å²) < 4.78 is 5.87. The number of nitrogens with two attached hydrogens (primary N) is 1. The van der Waals surface area contributed by atoms with Crippen molar-refractivity contribution >= 4 is 5.69 Å². The average Bonchev–Trinajstić information content (AvgIpc) is 2.97. The Balaban J connectivity index is 2.05. The molecule has 1 saturated carbocycles. The maximum atomic E-state index is 8.79. The van der Waals surface area contributed by atoms with Gasteiger partial charge in [-0.1, -0.05) is 0 Å². The number of anilines is 1. The normalized spacial score (nSPS) is 20.4. The van der Waals surface area contributed by atoms with Gasteiger partial charge in [-0.3, -0.25) is 0 Å². The minimum Gasteiger partial charge on any atom is -0.483 e. The smallest absolute Gasteiger partial charge is 0.145 e. The zero-order chi connectivity index (χ0) is 10.5. The van der Waals surface area contributed by atoms with E-state index < -0.39 is 0 Å². The minimum atomic E-state index is -0.0457. The molecule has 1 spiro atoms. The van der Waals surface area contributed by atoms with E-state index in [0.29, 0.717) is 5.56 Å². The SMILES string of the molecule is N#Cc1ccc2c(c1)N(N)CC1(CC1)O2. The van der Waals surface area contributed by atoms with Crippen molar-refractivity contribution in [3.05, 3.63) is 23.8 Å². The molecule has 1 aliphatic carbocycles. The first-order chi connectivity index (χ1) is 7.22. The Morgan fingerprint density at radius 2 is 2.27 bits per heavy atom. The van der Waals surface area contributed by atoms with E-state index in [1.165, 1.54) is 0 Å². The number of hydrogen-bond acceptors (Lipinski definition) is 4. The number of benzene rings is 1. The number of nitrogens with zero attached hydrogens (tertiary/aromatic N) is 2. The third-order valence-electron chi connectivity index (χ3n) is 2.99. The molecule has 0 bridgehead atoms. The van der Waals surface area contributed by atoms with Crippen LogP contribution in [-0.2, 0) is 0 Å². The monoisotopic (exact) mass is 201 g/mol. The minimum absolute atomic E-state index is 0.0457. The van der Waals surface area contributed by atoms with Crippen LogP contribution in [0.15, 0.2) is 18.2 Å². The van der Waals surface area contributed by atoms with Gasteiger partial charge in [0.2, 0.25) is 0 Å². The Hall–Kier alpha value is -1.73. The van der Waals surface area contributed by atoms with Crippen molar-refractivity contribution in [2.45, 2.75) is 18.4 Å². The molecular weight excluding hydrogens is 190 g/mol. The highest BCUT2D eigenvalue weighted by atomic mass is 16.5. The van der Waals surface area contributed by atoms with Crippen molar-refractivity contribution in [2.24, 2.45) is 5.84 Å². The second kappa shape index (κ2) is 2.65. The Bertz CT molecular complexity index is 459. The fraction of sp³-hybridized carbons (Fsp3) is 0.364. The molecule has 1 aliphatic heterocycles. The first-order valence-corrected chi connectivity index (χ1v) is 4.98. The summed E-state index contributed by atoms with van der Waals surface area (Å²) in [4.78, 5) is 0. The van der Waals surface area contributed by atoms with Crippen LogP contribution in [0.3, 0.4) is 0 Å². The second-order valence-electron chi connectivity index (χ2n) is 4.21. The highest BCUT2D eigenvalue weighted by molar-refractivity contribution is 5.63. The Morgan fingerprint density at radius 1 is 1.47 bits per heavy atom. The largest absolute Gasteiger partial charge is 0.483 e. The standard InChI is InChI=1S/C11H11N3O/c12-6-8-1-2-10-9(5-8)14(13)7-11(15-10)3-4-11/h1-2,5H,3-4,7,13H2. The van der Waals surface area contributed by atoms with Gasteiger partial charge in [0, 0.05) is 0 Å². The molecule has 0 unspecified atom stereocenters. The van der Waals surface area contributed by atoms with Crippen LogP contribution in [0.5, 0.6) is 5.75 Å². The van der Waals surface area contributed by atoms with Crippen LogP contribution in [-0.4, -0.2) is 12.1 Å². The first-order valence-electron chi connectivity index (χ1n) is 4.98. The number of rotatable bonds is 0. The van der Waals surface area contributed by atoms with E-state index in [4.69, 9.17) is 15.8 Å². The fourth-order valence-electron chi connectivity index (χ4n) is 1.96. The molecule has 76 valence electrons. The zero-order valence-electron chi connectivity index (χ0n) is 8.23. The van der Waals surface area contributed by atoms with Gasteiger partial charge in [-0.15, -0.1) is 0 Å². The molecule has 2 aliphatic rings. The zero-order valence-corrected chi connectivity index (χ0v) is 8.23. The van der Waals surface area contributed by atoms with Crippen molar-refractivity contribution in [1.82, 2.24) is 0 Å². The molecule has 2 N–H and O–H groups in total. The number of ether oxygens (including phenoxy) is 1.